The van der Waals surface area contributed by atoms with Gasteiger partial charge in [0.2, 0.25) is 17.1 Å². The molecule has 0 aromatic heterocycles. The molecule has 3 rings (SSSR count). The minimum Gasteiger partial charge on any atom is -0.493 e. The lowest BCUT2D eigenvalue weighted by Crippen LogP contribution is -2.41. The van der Waals surface area contributed by atoms with E-state index in [1.54, 1.807) is 40.2 Å². The van der Waals surface area contributed by atoms with E-state index in [9.17, 15) is 14.7 Å². The first-order chi connectivity index (χ1) is 16.1. The number of amides is 1. The number of carbonyl (C=O) groups excluding carboxylic acids is 1. The molecule has 0 aliphatic heterocycles. The van der Waals surface area contributed by atoms with Gasteiger partial charge in [-0.2, -0.15) is 0 Å². The van der Waals surface area contributed by atoms with Gasteiger partial charge in [-0.15, -0.1) is 0 Å². The van der Waals surface area contributed by atoms with Crippen LogP contribution in [0.5, 0.6) is 23.0 Å². The van der Waals surface area contributed by atoms with Crippen molar-refractivity contribution >= 4 is 21.8 Å². The lowest BCUT2D eigenvalue weighted by molar-refractivity contribution is -0.132. The van der Waals surface area contributed by atoms with E-state index in [2.05, 4.69) is 21.2 Å². The molecule has 2 N–H and O–H groups in total. The Labute approximate surface area is 207 Å². The number of rotatable bonds is 7. The molecular weight excluding hydrogens is 506 g/mol. The van der Waals surface area contributed by atoms with Gasteiger partial charge in [-0.25, -0.2) is 0 Å². The van der Waals surface area contributed by atoms with Crippen LogP contribution in [0.3, 0.4) is 0 Å². The smallest absolute Gasteiger partial charge is 0.228 e. The van der Waals surface area contributed by atoms with Crippen molar-refractivity contribution in [1.82, 2.24) is 5.32 Å². The number of halogens is 1. The summed E-state index contributed by atoms with van der Waals surface area (Å²) < 4.78 is 23.0. The first-order valence-corrected chi connectivity index (χ1v) is 11.6. The zero-order chi connectivity index (χ0) is 25.2. The molecule has 2 aromatic rings. The maximum absolute atomic E-state index is 13.0. The van der Waals surface area contributed by atoms with Gasteiger partial charge in [0.05, 0.1) is 51.0 Å². The molecule has 184 valence electrons. The number of methoxy groups -OCH3 is 4. The lowest BCUT2D eigenvalue weighted by Gasteiger charge is -2.26. The topological polar surface area (TPSA) is 103 Å². The van der Waals surface area contributed by atoms with E-state index in [4.69, 9.17) is 18.9 Å². The third-order valence-electron chi connectivity index (χ3n) is 6.12. The number of ether oxygens (including phenoxy) is 4. The molecule has 0 saturated carbocycles. The Morgan fingerprint density at radius 3 is 2.29 bits per heavy atom. The second-order valence-electron chi connectivity index (χ2n) is 8.65. The summed E-state index contributed by atoms with van der Waals surface area (Å²) in [4.78, 5) is 25.9. The Hall–Kier alpha value is -2.78. The van der Waals surface area contributed by atoms with Crippen LogP contribution in [-0.2, 0) is 11.2 Å². The van der Waals surface area contributed by atoms with Crippen LogP contribution in [-0.4, -0.2) is 46.1 Å². The fourth-order valence-electron chi connectivity index (χ4n) is 4.11. The third-order valence-corrected chi connectivity index (χ3v) is 6.96. The third kappa shape index (κ3) is 4.46. The van der Waals surface area contributed by atoms with Crippen LogP contribution < -0.4 is 29.7 Å². The molecule has 0 spiro atoms. The minimum absolute atomic E-state index is 0.175. The highest BCUT2D eigenvalue weighted by Gasteiger charge is 2.34. The number of nitrogens with one attached hydrogen (secondary N) is 1. The summed E-state index contributed by atoms with van der Waals surface area (Å²) in [6, 6.07) is 4.39. The molecule has 1 atom stereocenters. The molecule has 1 aliphatic rings. The normalized spacial score (nSPS) is 14.9. The molecule has 0 radical (unpaired) electrons. The molecule has 8 nitrogen and oxygen atoms in total. The summed E-state index contributed by atoms with van der Waals surface area (Å²) >= 11 is 3.67. The number of hydrogen-bond acceptors (Lipinski definition) is 7. The van der Waals surface area contributed by atoms with Gasteiger partial charge < -0.3 is 29.4 Å². The van der Waals surface area contributed by atoms with Crippen molar-refractivity contribution in [2.24, 2.45) is 5.41 Å². The Morgan fingerprint density at radius 2 is 1.74 bits per heavy atom. The zero-order valence-electron chi connectivity index (χ0n) is 20.2. The second-order valence-corrected chi connectivity index (χ2v) is 9.45. The number of benzene rings is 1. The lowest BCUT2D eigenvalue weighted by atomic mass is 9.91. The zero-order valence-corrected chi connectivity index (χ0v) is 21.8. The average molecular weight is 536 g/mol. The molecule has 9 heteroatoms. The van der Waals surface area contributed by atoms with Crippen molar-refractivity contribution in [2.45, 2.75) is 32.7 Å². The minimum atomic E-state index is -0.987. The van der Waals surface area contributed by atoms with E-state index >= 15 is 0 Å². The maximum atomic E-state index is 13.0. The molecular formula is C25H30BrNO7. The van der Waals surface area contributed by atoms with Gasteiger partial charge in [-0.05, 0) is 71.4 Å². The van der Waals surface area contributed by atoms with Crippen molar-refractivity contribution in [3.63, 3.8) is 0 Å². The van der Waals surface area contributed by atoms with E-state index in [1.807, 2.05) is 0 Å². The first kappa shape index (κ1) is 25.8. The maximum Gasteiger partial charge on any atom is 0.228 e. The standard InChI is InChI=1S/C25H30BrNO7/c1-25(2,12-28)24(30)27-16-9-7-14-19(13-8-10-18(31-3)17(29)11-15(13)16)21(32-4)23(34-6)22(33-5)20(14)26/h8,10-11,16,28H,7,9,12H2,1-6H3,(H,27,30)/t16-/m0/s1. The van der Waals surface area contributed by atoms with Crippen molar-refractivity contribution in [2.75, 3.05) is 35.0 Å². The van der Waals surface area contributed by atoms with Gasteiger partial charge in [0.15, 0.2) is 17.2 Å². The molecule has 2 aromatic carbocycles. The van der Waals surface area contributed by atoms with Crippen molar-refractivity contribution < 1.29 is 28.8 Å². The summed E-state index contributed by atoms with van der Waals surface area (Å²) in [6.45, 7) is 3.02. The van der Waals surface area contributed by atoms with Crippen LogP contribution in [0, 0.1) is 5.41 Å². The largest absolute Gasteiger partial charge is 0.493 e. The van der Waals surface area contributed by atoms with Crippen LogP contribution in [0.2, 0.25) is 0 Å². The van der Waals surface area contributed by atoms with Gasteiger partial charge in [-0.1, -0.05) is 6.07 Å². The monoisotopic (exact) mass is 535 g/mol. The number of carbonyl (C=O) groups is 1. The molecule has 0 saturated heterocycles. The second kappa shape index (κ2) is 10.2. The first-order valence-electron chi connectivity index (χ1n) is 10.8. The van der Waals surface area contributed by atoms with Crippen molar-refractivity contribution in [3.05, 3.63) is 44.0 Å². The Morgan fingerprint density at radius 1 is 1.09 bits per heavy atom. The summed E-state index contributed by atoms with van der Waals surface area (Å²) in [5.41, 5.74) is 1.64. The van der Waals surface area contributed by atoms with Gasteiger partial charge in [0.25, 0.3) is 0 Å². The summed E-state index contributed by atoms with van der Waals surface area (Å²) in [5, 5.41) is 12.7. The number of aliphatic hydroxyl groups excluding tert-OH is 1. The highest BCUT2D eigenvalue weighted by molar-refractivity contribution is 9.10. The van der Waals surface area contributed by atoms with Crippen molar-refractivity contribution in [1.29, 1.82) is 0 Å². The summed E-state index contributed by atoms with van der Waals surface area (Å²) in [7, 11) is 6.06. The predicted octanol–water partition coefficient (Wildman–Crippen LogP) is 3.63. The fraction of sp³-hybridized carbons (Fsp3) is 0.440. The highest BCUT2D eigenvalue weighted by atomic mass is 79.9. The SMILES string of the molecule is COc1c(Br)c2c(c(OC)c1OC)-c1ccc(OC)c(=O)cc1[C@@H](NC(=O)C(C)(C)CO)CC2. The van der Waals surface area contributed by atoms with E-state index in [0.717, 1.165) is 11.1 Å². The predicted molar refractivity (Wildman–Crippen MR) is 132 cm³/mol. The quantitative estimate of drug-likeness (QED) is 0.557. The van der Waals surface area contributed by atoms with Gasteiger partial charge in [0.1, 0.15) is 0 Å². The Bertz CT molecular complexity index is 1160. The number of fused-ring (bicyclic) bond motifs is 3. The van der Waals surface area contributed by atoms with E-state index in [-0.39, 0.29) is 23.7 Å². The van der Waals surface area contributed by atoms with E-state index in [1.165, 1.54) is 20.3 Å². The van der Waals surface area contributed by atoms with Crippen LogP contribution in [0.1, 0.15) is 37.4 Å². The molecule has 1 amide bonds. The molecule has 1 aliphatic carbocycles. The average Bonchev–Trinajstić information content (AvgIpc) is 3.07. The molecule has 34 heavy (non-hydrogen) atoms. The van der Waals surface area contributed by atoms with Gasteiger partial charge >= 0.3 is 0 Å². The number of hydrogen-bond donors (Lipinski definition) is 2. The molecule has 0 heterocycles. The number of aliphatic hydroxyl groups is 1. The molecule has 0 bridgehead atoms. The van der Waals surface area contributed by atoms with Crippen molar-refractivity contribution in [3.8, 4) is 34.1 Å². The fourth-order valence-corrected chi connectivity index (χ4v) is 4.85. The highest BCUT2D eigenvalue weighted by Crippen LogP contribution is 2.54. The van der Waals surface area contributed by atoms with Gasteiger partial charge in [0, 0.05) is 5.56 Å². The van der Waals surface area contributed by atoms with Crippen LogP contribution in [0.4, 0.5) is 0 Å². The molecule has 0 fully saturated rings. The van der Waals surface area contributed by atoms with Crippen LogP contribution in [0.25, 0.3) is 11.1 Å². The Kier molecular flexibility index (Phi) is 7.77. The molecule has 0 unspecified atom stereocenters. The van der Waals surface area contributed by atoms with E-state index < -0.39 is 11.5 Å². The summed E-state index contributed by atoms with van der Waals surface area (Å²) in [5.74, 6) is 1.22. The van der Waals surface area contributed by atoms with Crippen LogP contribution in [0.15, 0.2) is 27.5 Å². The van der Waals surface area contributed by atoms with Crippen LogP contribution >= 0.6 is 15.9 Å². The van der Waals surface area contributed by atoms with E-state index in [0.29, 0.717) is 45.7 Å². The van der Waals surface area contributed by atoms with Gasteiger partial charge in [-0.3, -0.25) is 9.59 Å². The Balaban J connectivity index is 2.38. The summed E-state index contributed by atoms with van der Waals surface area (Å²) in [6.07, 6.45) is 1.04.